The van der Waals surface area contributed by atoms with E-state index in [4.69, 9.17) is 40.1 Å². The van der Waals surface area contributed by atoms with Crippen LogP contribution in [0, 0.1) is 11.3 Å². The summed E-state index contributed by atoms with van der Waals surface area (Å²) in [6.07, 6.45) is 2.81. The third kappa shape index (κ3) is 3.63. The molecule has 0 atom stereocenters. The first-order chi connectivity index (χ1) is 12.3. The van der Waals surface area contributed by atoms with Gasteiger partial charge < -0.3 is 5.32 Å². The minimum atomic E-state index is -0.815. The Kier molecular flexibility index (Phi) is 5.10. The minimum Gasteiger partial charge on any atom is -0.323 e. The van der Waals surface area contributed by atoms with Crippen molar-refractivity contribution in [2.45, 2.75) is 25.4 Å². The van der Waals surface area contributed by atoms with Crippen molar-refractivity contribution in [1.82, 2.24) is 9.13 Å². The van der Waals surface area contributed by atoms with Crippen LogP contribution in [-0.4, -0.2) is 15.0 Å². The van der Waals surface area contributed by atoms with Gasteiger partial charge in [-0.1, -0.05) is 34.8 Å². The van der Waals surface area contributed by atoms with Gasteiger partial charge >= 0.3 is 5.69 Å². The number of aromatic nitrogens is 2. The summed E-state index contributed by atoms with van der Waals surface area (Å²) in [4.78, 5) is 37.0. The number of rotatable bonds is 4. The van der Waals surface area contributed by atoms with Crippen LogP contribution in [0.1, 0.15) is 24.4 Å². The van der Waals surface area contributed by atoms with Crippen LogP contribution < -0.4 is 16.6 Å². The summed E-state index contributed by atoms with van der Waals surface area (Å²) in [6.45, 7) is -0.559. The van der Waals surface area contributed by atoms with Gasteiger partial charge in [0.15, 0.2) is 0 Å². The van der Waals surface area contributed by atoms with Crippen LogP contribution in [0.5, 0.6) is 0 Å². The van der Waals surface area contributed by atoms with Crippen molar-refractivity contribution in [3.8, 4) is 6.07 Å². The molecule has 0 unspecified atom stereocenters. The number of nitrogens with zero attached hydrogens (tertiary/aromatic N) is 3. The van der Waals surface area contributed by atoms with Crippen LogP contribution in [0.3, 0.4) is 0 Å². The van der Waals surface area contributed by atoms with Gasteiger partial charge in [-0.3, -0.25) is 14.2 Å². The van der Waals surface area contributed by atoms with Crippen molar-refractivity contribution in [3.63, 3.8) is 0 Å². The molecule has 1 saturated carbocycles. The quantitative estimate of drug-likeness (QED) is 0.779. The Morgan fingerprint density at radius 3 is 2.46 bits per heavy atom. The number of nitrogens with one attached hydrogen (secondary N) is 1. The molecule has 0 radical (unpaired) electrons. The van der Waals surface area contributed by atoms with E-state index in [1.807, 2.05) is 0 Å². The number of hydrogen-bond donors (Lipinski definition) is 1. The van der Waals surface area contributed by atoms with Crippen molar-refractivity contribution < 1.29 is 4.79 Å². The molecule has 26 heavy (non-hydrogen) atoms. The Balaban J connectivity index is 1.92. The van der Waals surface area contributed by atoms with E-state index in [1.54, 1.807) is 6.07 Å². The molecule has 0 saturated heterocycles. The molecule has 2 aromatic rings. The maximum atomic E-state index is 12.5. The number of amides is 1. The predicted octanol–water partition coefficient (Wildman–Crippen LogP) is 2.82. The molecule has 3 rings (SSSR count). The smallest absolute Gasteiger partial charge is 0.323 e. The van der Waals surface area contributed by atoms with Gasteiger partial charge in [-0.15, -0.1) is 0 Å². The van der Waals surface area contributed by atoms with Crippen LogP contribution in [0.25, 0.3) is 0 Å². The van der Waals surface area contributed by atoms with Gasteiger partial charge in [0.25, 0.3) is 5.56 Å². The molecule has 0 bridgehead atoms. The van der Waals surface area contributed by atoms with E-state index in [1.165, 1.54) is 22.9 Å². The van der Waals surface area contributed by atoms with Crippen LogP contribution in [0.15, 0.2) is 27.9 Å². The summed E-state index contributed by atoms with van der Waals surface area (Å²) in [7, 11) is 0. The van der Waals surface area contributed by atoms with Crippen LogP contribution in [0.4, 0.5) is 5.69 Å². The van der Waals surface area contributed by atoms with E-state index in [9.17, 15) is 14.4 Å². The average molecular weight is 414 g/mol. The van der Waals surface area contributed by atoms with Gasteiger partial charge in [0.05, 0.1) is 20.8 Å². The Bertz CT molecular complexity index is 1060. The van der Waals surface area contributed by atoms with E-state index in [2.05, 4.69) is 5.32 Å². The highest BCUT2D eigenvalue weighted by Crippen LogP contribution is 2.33. The molecule has 1 aromatic carbocycles. The molecule has 10 heteroatoms. The molecule has 1 N–H and O–H groups in total. The molecular formula is C16H11Cl3N4O3. The van der Waals surface area contributed by atoms with Crippen molar-refractivity contribution in [1.29, 1.82) is 5.26 Å². The van der Waals surface area contributed by atoms with Crippen LogP contribution >= 0.6 is 34.8 Å². The topological polar surface area (TPSA) is 96.9 Å². The fourth-order valence-corrected chi connectivity index (χ4v) is 3.00. The Labute approximate surface area is 162 Å². The second-order valence-corrected chi connectivity index (χ2v) is 6.98. The first-order valence-electron chi connectivity index (χ1n) is 7.52. The zero-order chi connectivity index (χ0) is 19.0. The average Bonchev–Trinajstić information content (AvgIpc) is 3.41. The third-order valence-corrected chi connectivity index (χ3v) is 4.88. The molecule has 0 aliphatic heterocycles. The van der Waals surface area contributed by atoms with Crippen molar-refractivity contribution >= 4 is 46.4 Å². The molecule has 1 heterocycles. The number of carbonyl (C=O) groups excluding carboxylic acids is 1. The van der Waals surface area contributed by atoms with E-state index in [0.717, 1.165) is 17.4 Å². The normalized spacial score (nSPS) is 13.3. The minimum absolute atomic E-state index is 0.0472. The third-order valence-electron chi connectivity index (χ3n) is 3.84. The molecule has 1 aliphatic carbocycles. The highest BCUT2D eigenvalue weighted by Gasteiger charge is 2.27. The number of halogens is 3. The lowest BCUT2D eigenvalue weighted by atomic mass is 10.3. The summed E-state index contributed by atoms with van der Waals surface area (Å²) >= 11 is 17.7. The summed E-state index contributed by atoms with van der Waals surface area (Å²) < 4.78 is 2.05. The number of carbonyl (C=O) groups is 1. The maximum Gasteiger partial charge on any atom is 0.331 e. The van der Waals surface area contributed by atoms with E-state index < -0.39 is 23.7 Å². The lowest BCUT2D eigenvalue weighted by molar-refractivity contribution is -0.116. The zero-order valence-electron chi connectivity index (χ0n) is 13.1. The molecule has 1 fully saturated rings. The first-order valence-corrected chi connectivity index (χ1v) is 8.65. The highest BCUT2D eigenvalue weighted by atomic mass is 35.5. The fourth-order valence-electron chi connectivity index (χ4n) is 2.40. The first kappa shape index (κ1) is 18.5. The van der Waals surface area contributed by atoms with E-state index in [0.29, 0.717) is 0 Å². The lowest BCUT2D eigenvalue weighted by Gasteiger charge is -2.12. The van der Waals surface area contributed by atoms with Crippen molar-refractivity contribution in [2.75, 3.05) is 5.32 Å². The largest absolute Gasteiger partial charge is 0.331 e. The fraction of sp³-hybridized carbons (Fsp3) is 0.250. The number of anilines is 1. The second kappa shape index (κ2) is 7.16. The standard InChI is InChI=1S/C16H11Cl3N4O3/c17-10-3-12(19)13(4-11(10)18)21-14(24)7-23-15(25)8(5-20)6-22(16(23)26)9-1-2-9/h3-4,6,9H,1-2,7H2,(H,21,24). The van der Waals surface area contributed by atoms with Gasteiger partial charge in [-0.25, -0.2) is 9.36 Å². The SMILES string of the molecule is N#Cc1cn(C2CC2)c(=O)n(CC(=O)Nc2cc(Cl)c(Cl)cc2Cl)c1=O. The van der Waals surface area contributed by atoms with Crippen LogP contribution in [0.2, 0.25) is 15.1 Å². The second-order valence-electron chi connectivity index (χ2n) is 5.76. The highest BCUT2D eigenvalue weighted by molar-refractivity contribution is 6.44. The van der Waals surface area contributed by atoms with E-state index in [-0.39, 0.29) is 32.4 Å². The molecule has 0 spiro atoms. The summed E-state index contributed by atoms with van der Waals surface area (Å²) in [5.41, 5.74) is -1.45. The Morgan fingerprint density at radius 1 is 1.19 bits per heavy atom. The molecule has 134 valence electrons. The molecular weight excluding hydrogens is 403 g/mol. The van der Waals surface area contributed by atoms with E-state index >= 15 is 0 Å². The summed E-state index contributed by atoms with van der Waals surface area (Å²) in [5.74, 6) is -0.665. The number of hydrogen-bond acceptors (Lipinski definition) is 4. The number of nitriles is 1. The zero-order valence-corrected chi connectivity index (χ0v) is 15.4. The van der Waals surface area contributed by atoms with Crippen molar-refractivity contribution in [2.24, 2.45) is 0 Å². The Hall–Kier alpha value is -2.27. The van der Waals surface area contributed by atoms with Gasteiger partial charge in [-0.2, -0.15) is 5.26 Å². The monoisotopic (exact) mass is 412 g/mol. The van der Waals surface area contributed by atoms with Gasteiger partial charge in [0.2, 0.25) is 5.91 Å². The molecule has 1 aliphatic rings. The molecule has 1 aromatic heterocycles. The Morgan fingerprint density at radius 2 is 1.85 bits per heavy atom. The van der Waals surface area contributed by atoms with Gasteiger partial charge in [0.1, 0.15) is 18.2 Å². The lowest BCUT2D eigenvalue weighted by Crippen LogP contribution is -2.43. The summed E-state index contributed by atoms with van der Waals surface area (Å²) in [5, 5.41) is 12.1. The molecule has 1 amide bonds. The maximum absolute atomic E-state index is 12.5. The van der Waals surface area contributed by atoms with Gasteiger partial charge in [0, 0.05) is 12.2 Å². The molecule has 7 nitrogen and oxygen atoms in total. The van der Waals surface area contributed by atoms with Crippen LogP contribution in [-0.2, 0) is 11.3 Å². The summed E-state index contributed by atoms with van der Waals surface area (Å²) in [6, 6.07) is 4.43. The van der Waals surface area contributed by atoms with Crippen molar-refractivity contribution in [3.05, 3.63) is 59.8 Å². The number of benzene rings is 1. The van der Waals surface area contributed by atoms with Gasteiger partial charge in [-0.05, 0) is 25.0 Å². The predicted molar refractivity (Wildman–Crippen MR) is 98.0 cm³/mol.